The first-order valence-electron chi connectivity index (χ1n) is 7.34. The number of amides is 2. The second-order valence-corrected chi connectivity index (χ2v) is 6.55. The van der Waals surface area contributed by atoms with Gasteiger partial charge in [0.2, 0.25) is 0 Å². The predicted octanol–water partition coefficient (Wildman–Crippen LogP) is 2.93. The minimum absolute atomic E-state index is 0.0984. The molecule has 0 radical (unpaired) electrons. The molecular formula is C18H24N2O2. The van der Waals surface area contributed by atoms with Crippen molar-refractivity contribution in [1.29, 1.82) is 0 Å². The molecule has 0 saturated heterocycles. The Morgan fingerprint density at radius 1 is 1.23 bits per heavy atom. The molecule has 1 aromatic rings. The van der Waals surface area contributed by atoms with Gasteiger partial charge in [0.1, 0.15) is 0 Å². The van der Waals surface area contributed by atoms with Crippen molar-refractivity contribution in [3.63, 3.8) is 0 Å². The van der Waals surface area contributed by atoms with Crippen LogP contribution in [0.25, 0.3) is 0 Å². The van der Waals surface area contributed by atoms with E-state index in [0.29, 0.717) is 5.56 Å². The van der Waals surface area contributed by atoms with Gasteiger partial charge < -0.3 is 0 Å². The van der Waals surface area contributed by atoms with Crippen molar-refractivity contribution in [2.24, 2.45) is 5.92 Å². The van der Waals surface area contributed by atoms with Crippen molar-refractivity contribution in [2.75, 3.05) is 0 Å². The molecule has 4 heteroatoms. The number of hydrogen-bond acceptors (Lipinski definition) is 2. The molecule has 0 saturated carbocycles. The molecular weight excluding hydrogens is 276 g/mol. The van der Waals surface area contributed by atoms with E-state index < -0.39 is 11.4 Å². The van der Waals surface area contributed by atoms with Crippen molar-refractivity contribution < 1.29 is 9.59 Å². The smallest absolute Gasteiger partial charge is 0.267 e. The topological polar surface area (TPSA) is 49.4 Å². The third-order valence-electron chi connectivity index (χ3n) is 2.83. The quantitative estimate of drug-likeness (QED) is 0.640. The van der Waals surface area contributed by atoms with E-state index in [9.17, 15) is 9.59 Å². The maximum absolute atomic E-state index is 12.7. The van der Waals surface area contributed by atoms with Gasteiger partial charge in [-0.2, -0.15) is 0 Å². The number of hydrogen-bond donors (Lipinski definition) is 1. The molecule has 0 bridgehead atoms. The van der Waals surface area contributed by atoms with Crippen molar-refractivity contribution in [3.8, 4) is 11.8 Å². The second kappa shape index (κ2) is 7.13. The predicted molar refractivity (Wildman–Crippen MR) is 87.9 cm³/mol. The lowest BCUT2D eigenvalue weighted by molar-refractivity contribution is -0.121. The summed E-state index contributed by atoms with van der Waals surface area (Å²) in [6.45, 7) is 11.3. The molecule has 0 aromatic heterocycles. The van der Waals surface area contributed by atoms with Gasteiger partial charge in [-0.25, -0.2) is 5.01 Å². The summed E-state index contributed by atoms with van der Waals surface area (Å²) in [4.78, 5) is 24.6. The molecule has 4 nitrogen and oxygen atoms in total. The SMILES string of the molecule is Cc1cccc(C(=O)N(NC(=O)C#CC(C)C)C(C)(C)C)c1. The van der Waals surface area contributed by atoms with Crippen molar-refractivity contribution in [1.82, 2.24) is 10.4 Å². The number of rotatable bonds is 1. The van der Waals surface area contributed by atoms with Crippen LogP contribution in [0.5, 0.6) is 0 Å². The lowest BCUT2D eigenvalue weighted by Gasteiger charge is -2.35. The van der Waals surface area contributed by atoms with Gasteiger partial charge in [0, 0.05) is 11.5 Å². The van der Waals surface area contributed by atoms with Gasteiger partial charge in [-0.1, -0.05) is 37.5 Å². The van der Waals surface area contributed by atoms with E-state index in [2.05, 4.69) is 17.3 Å². The summed E-state index contributed by atoms with van der Waals surface area (Å²) in [5, 5.41) is 1.33. The summed E-state index contributed by atoms with van der Waals surface area (Å²) in [5.74, 6) is 4.66. The average molecular weight is 300 g/mol. The Labute approximate surface area is 132 Å². The Morgan fingerprint density at radius 2 is 1.86 bits per heavy atom. The van der Waals surface area contributed by atoms with E-state index in [1.807, 2.05) is 53.7 Å². The van der Waals surface area contributed by atoms with E-state index in [4.69, 9.17) is 0 Å². The molecule has 0 fully saturated rings. The molecule has 0 spiro atoms. The zero-order valence-electron chi connectivity index (χ0n) is 14.2. The van der Waals surface area contributed by atoms with Crippen LogP contribution in [-0.2, 0) is 4.79 Å². The molecule has 1 rings (SSSR count). The molecule has 0 aliphatic rings. The molecule has 1 N–H and O–H groups in total. The first-order chi connectivity index (χ1) is 10.1. The summed E-state index contributed by atoms with van der Waals surface area (Å²) < 4.78 is 0. The van der Waals surface area contributed by atoms with Crippen LogP contribution in [0.1, 0.15) is 50.5 Å². The third-order valence-corrected chi connectivity index (χ3v) is 2.83. The zero-order valence-corrected chi connectivity index (χ0v) is 14.2. The number of nitrogens with zero attached hydrogens (tertiary/aromatic N) is 1. The molecule has 118 valence electrons. The van der Waals surface area contributed by atoms with Crippen molar-refractivity contribution >= 4 is 11.8 Å². The highest BCUT2D eigenvalue weighted by atomic mass is 16.2. The fourth-order valence-corrected chi connectivity index (χ4v) is 1.77. The van der Waals surface area contributed by atoms with Gasteiger partial charge in [-0.3, -0.25) is 15.0 Å². The third kappa shape index (κ3) is 5.25. The summed E-state index contributed by atoms with van der Waals surface area (Å²) in [7, 11) is 0. The Hall–Kier alpha value is -2.28. The average Bonchev–Trinajstić information content (AvgIpc) is 2.40. The highest BCUT2D eigenvalue weighted by Crippen LogP contribution is 2.15. The van der Waals surface area contributed by atoms with Gasteiger partial charge in [-0.05, 0) is 45.7 Å². The van der Waals surface area contributed by atoms with Gasteiger partial charge >= 0.3 is 5.91 Å². The van der Waals surface area contributed by atoms with E-state index >= 15 is 0 Å². The Balaban J connectivity index is 3.03. The Kier molecular flexibility index (Phi) is 5.76. The largest absolute Gasteiger partial charge is 0.314 e. The lowest BCUT2D eigenvalue weighted by Crippen LogP contribution is -2.55. The van der Waals surface area contributed by atoms with Crippen LogP contribution in [0.3, 0.4) is 0 Å². The first kappa shape index (κ1) is 17.8. The molecule has 0 aliphatic heterocycles. The highest BCUT2D eigenvalue weighted by Gasteiger charge is 2.29. The normalized spacial score (nSPS) is 10.7. The number of carbonyl (C=O) groups is 2. The molecule has 0 unspecified atom stereocenters. The number of hydrazine groups is 1. The molecule has 0 atom stereocenters. The highest BCUT2D eigenvalue weighted by molar-refractivity contribution is 5.99. The van der Waals surface area contributed by atoms with Crippen LogP contribution >= 0.6 is 0 Å². The number of benzene rings is 1. The first-order valence-corrected chi connectivity index (χ1v) is 7.34. The van der Waals surface area contributed by atoms with E-state index in [-0.39, 0.29) is 11.8 Å². The fourth-order valence-electron chi connectivity index (χ4n) is 1.77. The van der Waals surface area contributed by atoms with Crippen LogP contribution in [0.2, 0.25) is 0 Å². The minimum atomic E-state index is -0.560. The number of nitrogens with one attached hydrogen (secondary N) is 1. The molecule has 1 aromatic carbocycles. The van der Waals surface area contributed by atoms with E-state index in [1.54, 1.807) is 12.1 Å². The molecule has 0 heterocycles. The Morgan fingerprint density at radius 3 is 2.36 bits per heavy atom. The van der Waals surface area contributed by atoms with Gasteiger partial charge in [0.25, 0.3) is 5.91 Å². The monoisotopic (exact) mass is 300 g/mol. The second-order valence-electron chi connectivity index (χ2n) is 6.55. The van der Waals surface area contributed by atoms with Gasteiger partial charge in [0.15, 0.2) is 0 Å². The maximum atomic E-state index is 12.7. The van der Waals surface area contributed by atoms with Crippen molar-refractivity contribution in [2.45, 2.75) is 47.1 Å². The standard InChI is InChI=1S/C18H24N2O2/c1-13(2)10-11-16(21)19-20(18(4,5)6)17(22)15-9-7-8-14(3)12-15/h7-9,12-13H,1-6H3,(H,19,21). The zero-order chi connectivity index (χ0) is 16.9. The number of carbonyl (C=O) groups excluding carboxylic acids is 2. The number of aryl methyl sites for hydroxylation is 1. The minimum Gasteiger partial charge on any atom is -0.267 e. The summed E-state index contributed by atoms with van der Waals surface area (Å²) in [6, 6.07) is 7.28. The maximum Gasteiger partial charge on any atom is 0.314 e. The Bertz CT molecular complexity index is 616. The van der Waals surface area contributed by atoms with Crippen LogP contribution in [0, 0.1) is 24.7 Å². The summed E-state index contributed by atoms with van der Waals surface area (Å²) in [6.07, 6.45) is 0. The van der Waals surface area contributed by atoms with Gasteiger partial charge in [-0.15, -0.1) is 0 Å². The van der Waals surface area contributed by atoms with E-state index in [0.717, 1.165) is 5.56 Å². The molecule has 0 aliphatic carbocycles. The summed E-state index contributed by atoms with van der Waals surface area (Å²) in [5.41, 5.74) is 3.57. The lowest BCUT2D eigenvalue weighted by atomic mass is 10.1. The van der Waals surface area contributed by atoms with Crippen LogP contribution in [0.15, 0.2) is 24.3 Å². The fraction of sp³-hybridized carbons (Fsp3) is 0.444. The van der Waals surface area contributed by atoms with Crippen molar-refractivity contribution in [3.05, 3.63) is 35.4 Å². The van der Waals surface area contributed by atoms with Crippen LogP contribution < -0.4 is 5.43 Å². The van der Waals surface area contributed by atoms with Gasteiger partial charge in [0.05, 0.1) is 5.54 Å². The van der Waals surface area contributed by atoms with E-state index in [1.165, 1.54) is 5.01 Å². The molecule has 2 amide bonds. The van der Waals surface area contributed by atoms with Crippen LogP contribution in [0.4, 0.5) is 0 Å². The summed E-state index contributed by atoms with van der Waals surface area (Å²) >= 11 is 0. The van der Waals surface area contributed by atoms with Crippen LogP contribution in [-0.4, -0.2) is 22.4 Å². The molecule has 22 heavy (non-hydrogen) atoms.